The van der Waals surface area contributed by atoms with Crippen LogP contribution in [0.3, 0.4) is 0 Å². The van der Waals surface area contributed by atoms with Gasteiger partial charge in [-0.05, 0) is 49.2 Å². The van der Waals surface area contributed by atoms with Crippen molar-refractivity contribution in [2.75, 3.05) is 6.54 Å². The molecule has 1 aromatic heterocycles. The zero-order chi connectivity index (χ0) is 15.1. The Morgan fingerprint density at radius 1 is 1.14 bits per heavy atom. The van der Waals surface area contributed by atoms with Crippen LogP contribution < -0.4 is 16.0 Å². The Labute approximate surface area is 123 Å². The SMILES string of the molecule is NCCCCn1cccc(OCc2ccc(F)cc2)c1=O. The van der Waals surface area contributed by atoms with E-state index in [9.17, 15) is 9.18 Å². The zero-order valence-electron chi connectivity index (χ0n) is 11.8. The molecule has 0 spiro atoms. The molecule has 0 atom stereocenters. The predicted octanol–water partition coefficient (Wildman–Crippen LogP) is 2.31. The molecule has 0 bridgehead atoms. The molecule has 0 aliphatic rings. The number of aryl methyl sites for hydroxylation is 1. The molecule has 21 heavy (non-hydrogen) atoms. The first-order valence-corrected chi connectivity index (χ1v) is 6.97. The summed E-state index contributed by atoms with van der Waals surface area (Å²) in [5.74, 6) is 0.00953. The molecule has 0 radical (unpaired) electrons. The van der Waals surface area contributed by atoms with Crippen molar-refractivity contribution in [1.29, 1.82) is 0 Å². The number of aromatic nitrogens is 1. The third kappa shape index (κ3) is 4.43. The van der Waals surface area contributed by atoms with E-state index in [0.717, 1.165) is 18.4 Å². The van der Waals surface area contributed by atoms with Crippen molar-refractivity contribution >= 4 is 0 Å². The largest absolute Gasteiger partial charge is 0.483 e. The Bertz CT molecular complexity index is 623. The lowest BCUT2D eigenvalue weighted by atomic mass is 10.2. The summed E-state index contributed by atoms with van der Waals surface area (Å²) in [6.45, 7) is 1.49. The van der Waals surface area contributed by atoms with E-state index in [0.29, 0.717) is 18.8 Å². The minimum atomic E-state index is -0.291. The third-order valence-corrected chi connectivity index (χ3v) is 3.15. The zero-order valence-corrected chi connectivity index (χ0v) is 11.8. The van der Waals surface area contributed by atoms with Crippen LogP contribution in [-0.4, -0.2) is 11.1 Å². The molecule has 0 amide bonds. The van der Waals surface area contributed by atoms with E-state index in [1.54, 1.807) is 35.0 Å². The van der Waals surface area contributed by atoms with Gasteiger partial charge in [-0.1, -0.05) is 12.1 Å². The van der Waals surface area contributed by atoms with Crippen LogP contribution in [0.25, 0.3) is 0 Å². The van der Waals surface area contributed by atoms with Gasteiger partial charge in [0.05, 0.1) is 0 Å². The van der Waals surface area contributed by atoms with Crippen molar-refractivity contribution in [3.05, 3.63) is 64.3 Å². The standard InChI is InChI=1S/C16H19FN2O2/c17-14-7-5-13(6-8-14)12-21-15-4-3-11-19(16(15)20)10-2-1-9-18/h3-8,11H,1-2,9-10,12,18H2. The van der Waals surface area contributed by atoms with Crippen LogP contribution in [0.4, 0.5) is 4.39 Å². The molecule has 112 valence electrons. The molecule has 4 nitrogen and oxygen atoms in total. The molecule has 2 N–H and O–H groups in total. The number of benzene rings is 1. The summed E-state index contributed by atoms with van der Waals surface area (Å²) in [5, 5.41) is 0. The predicted molar refractivity (Wildman–Crippen MR) is 79.7 cm³/mol. The smallest absolute Gasteiger partial charge is 0.292 e. The van der Waals surface area contributed by atoms with E-state index in [4.69, 9.17) is 10.5 Å². The second-order valence-corrected chi connectivity index (χ2v) is 4.78. The first kappa shape index (κ1) is 15.3. The molecular weight excluding hydrogens is 271 g/mol. The normalized spacial score (nSPS) is 10.6. The second kappa shape index (κ2) is 7.59. The first-order valence-electron chi connectivity index (χ1n) is 6.97. The number of rotatable bonds is 7. The molecule has 0 aliphatic carbocycles. The molecule has 2 aromatic rings. The van der Waals surface area contributed by atoms with Crippen LogP contribution in [0, 0.1) is 5.82 Å². The van der Waals surface area contributed by atoms with E-state index >= 15 is 0 Å². The summed E-state index contributed by atoms with van der Waals surface area (Å²) in [4.78, 5) is 12.2. The van der Waals surface area contributed by atoms with Gasteiger partial charge in [0.25, 0.3) is 5.56 Å². The molecule has 0 saturated carbocycles. The molecule has 1 aromatic carbocycles. The fraction of sp³-hybridized carbons (Fsp3) is 0.312. The summed E-state index contributed by atoms with van der Waals surface area (Å²) in [5.41, 5.74) is 6.10. The molecule has 0 fully saturated rings. The number of nitrogens with zero attached hydrogens (tertiary/aromatic N) is 1. The highest BCUT2D eigenvalue weighted by Crippen LogP contribution is 2.08. The van der Waals surface area contributed by atoms with Crippen LogP contribution in [-0.2, 0) is 13.2 Å². The fourth-order valence-corrected chi connectivity index (χ4v) is 1.97. The number of nitrogens with two attached hydrogens (primary N) is 1. The lowest BCUT2D eigenvalue weighted by molar-refractivity contribution is 0.298. The maximum atomic E-state index is 12.8. The summed E-state index contributed by atoms with van der Waals surface area (Å²) < 4.78 is 20.0. The summed E-state index contributed by atoms with van der Waals surface area (Å²) >= 11 is 0. The molecule has 1 heterocycles. The van der Waals surface area contributed by atoms with E-state index in [1.165, 1.54) is 12.1 Å². The van der Waals surface area contributed by atoms with Crippen molar-refractivity contribution in [2.24, 2.45) is 5.73 Å². The first-order chi connectivity index (χ1) is 10.2. The molecule has 5 heteroatoms. The van der Waals surface area contributed by atoms with E-state index < -0.39 is 0 Å². The Morgan fingerprint density at radius 3 is 2.62 bits per heavy atom. The Balaban J connectivity index is 2.01. The van der Waals surface area contributed by atoms with Crippen LogP contribution in [0.5, 0.6) is 5.75 Å². The Kier molecular flexibility index (Phi) is 5.51. The highest BCUT2D eigenvalue weighted by Gasteiger charge is 2.04. The van der Waals surface area contributed by atoms with Gasteiger partial charge in [-0.25, -0.2) is 4.39 Å². The molecule has 2 rings (SSSR count). The topological polar surface area (TPSA) is 57.2 Å². The highest BCUT2D eigenvalue weighted by molar-refractivity contribution is 5.20. The van der Waals surface area contributed by atoms with Crippen LogP contribution >= 0.6 is 0 Å². The monoisotopic (exact) mass is 290 g/mol. The van der Waals surface area contributed by atoms with Crippen molar-refractivity contribution in [3.8, 4) is 5.75 Å². The van der Waals surface area contributed by atoms with Crippen LogP contribution in [0.1, 0.15) is 18.4 Å². The minimum Gasteiger partial charge on any atom is -0.483 e. The van der Waals surface area contributed by atoms with E-state index in [2.05, 4.69) is 0 Å². The summed E-state index contributed by atoms with van der Waals surface area (Å²) in [6, 6.07) is 9.44. The maximum absolute atomic E-state index is 12.8. The van der Waals surface area contributed by atoms with Crippen molar-refractivity contribution in [2.45, 2.75) is 26.0 Å². The average molecular weight is 290 g/mol. The Hall–Kier alpha value is -2.14. The van der Waals surface area contributed by atoms with Crippen LogP contribution in [0.15, 0.2) is 47.4 Å². The number of hydrogen-bond acceptors (Lipinski definition) is 3. The Morgan fingerprint density at radius 2 is 1.90 bits per heavy atom. The number of ether oxygens (including phenoxy) is 1. The van der Waals surface area contributed by atoms with Crippen molar-refractivity contribution < 1.29 is 9.13 Å². The number of pyridine rings is 1. The number of unbranched alkanes of at least 4 members (excludes halogenated alkanes) is 1. The number of halogens is 1. The lowest BCUT2D eigenvalue weighted by Gasteiger charge is -2.09. The molecule has 0 saturated heterocycles. The summed E-state index contributed by atoms with van der Waals surface area (Å²) in [6.07, 6.45) is 3.48. The van der Waals surface area contributed by atoms with Gasteiger partial charge in [-0.2, -0.15) is 0 Å². The van der Waals surface area contributed by atoms with Gasteiger partial charge in [0.2, 0.25) is 0 Å². The second-order valence-electron chi connectivity index (χ2n) is 4.78. The highest BCUT2D eigenvalue weighted by atomic mass is 19.1. The van der Waals surface area contributed by atoms with Gasteiger partial charge in [0.1, 0.15) is 12.4 Å². The molecule has 0 aliphatic heterocycles. The minimum absolute atomic E-state index is 0.156. The van der Waals surface area contributed by atoms with Gasteiger partial charge in [0.15, 0.2) is 5.75 Å². The van der Waals surface area contributed by atoms with E-state index in [-0.39, 0.29) is 18.0 Å². The van der Waals surface area contributed by atoms with Crippen molar-refractivity contribution in [3.63, 3.8) is 0 Å². The average Bonchev–Trinajstić information content (AvgIpc) is 2.49. The van der Waals surface area contributed by atoms with Crippen LogP contribution in [0.2, 0.25) is 0 Å². The van der Waals surface area contributed by atoms with Gasteiger partial charge in [0, 0.05) is 12.7 Å². The molecule has 0 unspecified atom stereocenters. The number of hydrogen-bond donors (Lipinski definition) is 1. The van der Waals surface area contributed by atoms with Gasteiger partial charge >= 0.3 is 0 Å². The van der Waals surface area contributed by atoms with Gasteiger partial charge in [-0.15, -0.1) is 0 Å². The van der Waals surface area contributed by atoms with Gasteiger partial charge in [-0.3, -0.25) is 4.79 Å². The lowest BCUT2D eigenvalue weighted by Crippen LogP contribution is -2.21. The molecular formula is C16H19FN2O2. The van der Waals surface area contributed by atoms with E-state index in [1.807, 2.05) is 0 Å². The van der Waals surface area contributed by atoms with Gasteiger partial charge < -0.3 is 15.0 Å². The third-order valence-electron chi connectivity index (χ3n) is 3.15. The fourth-order valence-electron chi connectivity index (χ4n) is 1.97. The quantitative estimate of drug-likeness (QED) is 0.796. The van der Waals surface area contributed by atoms with Crippen molar-refractivity contribution in [1.82, 2.24) is 4.57 Å². The maximum Gasteiger partial charge on any atom is 0.292 e. The summed E-state index contributed by atoms with van der Waals surface area (Å²) in [7, 11) is 0.